The molecule has 0 aliphatic carbocycles. The highest BCUT2D eigenvalue weighted by molar-refractivity contribution is 7.89. The molecule has 0 spiro atoms. The van der Waals surface area contributed by atoms with Gasteiger partial charge in [-0.2, -0.15) is 0 Å². The van der Waals surface area contributed by atoms with Crippen LogP contribution in [-0.2, 0) is 14.8 Å². The molecule has 8 heteroatoms. The number of amides is 1. The van der Waals surface area contributed by atoms with E-state index in [1.807, 2.05) is 59.5 Å². The Hall–Kier alpha value is -3.20. The zero-order valence-corrected chi connectivity index (χ0v) is 24.1. The van der Waals surface area contributed by atoms with E-state index in [1.54, 1.807) is 31.3 Å². The second kappa shape index (κ2) is 12.5. The number of carbonyl (C=O) groups excluding carboxylic acids is 1. The number of hydrogen-bond donors (Lipinski definition) is 0. The molecule has 40 heavy (non-hydrogen) atoms. The predicted octanol–water partition coefficient (Wildman–Crippen LogP) is 5.53. The molecule has 2 aliphatic rings. The minimum absolute atomic E-state index is 0.00369. The fourth-order valence-corrected chi connectivity index (χ4v) is 7.32. The quantitative estimate of drug-likeness (QED) is 0.326. The molecule has 3 aromatic carbocycles. The molecule has 1 amide bonds. The van der Waals surface area contributed by atoms with Gasteiger partial charge in [-0.15, -0.1) is 0 Å². The molecule has 2 fully saturated rings. The number of carbonyl (C=O) groups is 1. The number of piperidine rings is 1. The van der Waals surface area contributed by atoms with Crippen molar-refractivity contribution in [3.05, 3.63) is 102 Å². The zero-order valence-electron chi connectivity index (χ0n) is 23.3. The molecular formula is C32H39N3O4S. The summed E-state index contributed by atoms with van der Waals surface area (Å²) in [5.74, 6) is 0.0719. The van der Waals surface area contributed by atoms with Gasteiger partial charge in [-0.25, -0.2) is 17.5 Å². The molecule has 2 aliphatic heterocycles. The fraction of sp³-hybridized carbons (Fsp3) is 0.406. The van der Waals surface area contributed by atoms with Gasteiger partial charge in [0.05, 0.1) is 10.9 Å². The first kappa shape index (κ1) is 28.3. The molecule has 2 heterocycles. The Bertz CT molecular complexity index is 1350. The van der Waals surface area contributed by atoms with Crippen LogP contribution >= 0.6 is 0 Å². The topological polar surface area (TPSA) is 70.2 Å². The Balaban J connectivity index is 1.19. The highest BCUT2D eigenvalue weighted by Gasteiger charge is 2.43. The summed E-state index contributed by atoms with van der Waals surface area (Å²) >= 11 is 0. The molecule has 0 saturated carbocycles. The van der Waals surface area contributed by atoms with E-state index in [4.69, 9.17) is 4.74 Å². The Morgan fingerprint density at radius 1 is 0.900 bits per heavy atom. The molecule has 3 atom stereocenters. The first-order valence-corrected chi connectivity index (χ1v) is 15.6. The van der Waals surface area contributed by atoms with Crippen LogP contribution in [0.25, 0.3) is 0 Å². The number of benzene rings is 3. The Kier molecular flexibility index (Phi) is 8.88. The number of cyclic esters (lactones) is 1. The largest absolute Gasteiger partial charge is 0.439 e. The maximum absolute atomic E-state index is 13.2. The third-order valence-corrected chi connectivity index (χ3v) is 10.2. The van der Waals surface area contributed by atoms with E-state index in [0.717, 1.165) is 50.0 Å². The lowest BCUT2D eigenvalue weighted by Gasteiger charge is -2.38. The average Bonchev–Trinajstić information content (AvgIpc) is 3.30. The van der Waals surface area contributed by atoms with Crippen molar-refractivity contribution in [2.45, 2.75) is 55.2 Å². The third-order valence-electron chi connectivity index (χ3n) is 8.39. The van der Waals surface area contributed by atoms with Gasteiger partial charge in [0.1, 0.15) is 6.10 Å². The number of rotatable bonds is 10. The summed E-state index contributed by atoms with van der Waals surface area (Å²) < 4.78 is 33.7. The fourth-order valence-electron chi connectivity index (χ4n) is 6.08. The number of hydrogen-bond acceptors (Lipinski definition) is 5. The molecule has 0 unspecified atom stereocenters. The van der Waals surface area contributed by atoms with Crippen molar-refractivity contribution in [3.63, 3.8) is 0 Å². The van der Waals surface area contributed by atoms with Crippen molar-refractivity contribution in [3.8, 4) is 0 Å². The Morgan fingerprint density at radius 2 is 1.48 bits per heavy atom. The number of likely N-dealkylation sites (N-methyl/N-ethyl adjacent to an activating group) is 1. The minimum Gasteiger partial charge on any atom is -0.439 e. The van der Waals surface area contributed by atoms with Crippen LogP contribution in [-0.4, -0.2) is 73.9 Å². The maximum Gasteiger partial charge on any atom is 0.411 e. The summed E-state index contributed by atoms with van der Waals surface area (Å²) in [6.07, 6.45) is 2.20. The highest BCUT2D eigenvalue weighted by Crippen LogP contribution is 2.36. The number of likely N-dealkylation sites (tertiary alicyclic amines) is 1. The zero-order chi connectivity index (χ0) is 28.1. The van der Waals surface area contributed by atoms with Crippen LogP contribution in [0.3, 0.4) is 0 Å². The van der Waals surface area contributed by atoms with E-state index in [0.29, 0.717) is 11.4 Å². The van der Waals surface area contributed by atoms with Crippen LogP contribution in [0.1, 0.15) is 49.3 Å². The van der Waals surface area contributed by atoms with Gasteiger partial charge in [0, 0.05) is 32.7 Å². The van der Waals surface area contributed by atoms with Gasteiger partial charge >= 0.3 is 6.09 Å². The van der Waals surface area contributed by atoms with E-state index in [9.17, 15) is 13.2 Å². The normalized spacial score (nSPS) is 21.5. The SMILES string of the molecule is C[C@@H]1[C@@H](c2ccccc2)OC(=O)N1C1CCN(CC[C@H](CN(C)S(=O)(=O)c2ccccc2)c2ccccc2)CC1. The second-order valence-corrected chi connectivity index (χ2v) is 13.0. The van der Waals surface area contributed by atoms with E-state index >= 15 is 0 Å². The van der Waals surface area contributed by atoms with Gasteiger partial charge in [0.15, 0.2) is 0 Å². The molecule has 5 rings (SSSR count). The van der Waals surface area contributed by atoms with Gasteiger partial charge in [0.25, 0.3) is 0 Å². The highest BCUT2D eigenvalue weighted by atomic mass is 32.2. The molecule has 0 radical (unpaired) electrons. The maximum atomic E-state index is 13.2. The monoisotopic (exact) mass is 561 g/mol. The Labute approximate surface area is 238 Å². The molecule has 0 aromatic heterocycles. The van der Waals surface area contributed by atoms with Crippen molar-refractivity contribution in [2.75, 3.05) is 33.2 Å². The first-order valence-electron chi connectivity index (χ1n) is 14.2. The molecule has 2 saturated heterocycles. The first-order chi connectivity index (χ1) is 19.3. The van der Waals surface area contributed by atoms with Gasteiger partial charge in [-0.05, 0) is 61.9 Å². The Morgan fingerprint density at radius 3 is 2.10 bits per heavy atom. The van der Waals surface area contributed by atoms with Crippen molar-refractivity contribution in [2.24, 2.45) is 0 Å². The predicted molar refractivity (Wildman–Crippen MR) is 156 cm³/mol. The van der Waals surface area contributed by atoms with Crippen LogP contribution in [0.5, 0.6) is 0 Å². The second-order valence-electron chi connectivity index (χ2n) is 10.9. The summed E-state index contributed by atoms with van der Waals surface area (Å²) in [7, 11) is -1.90. The van der Waals surface area contributed by atoms with Gasteiger partial charge in [0.2, 0.25) is 10.0 Å². The van der Waals surface area contributed by atoms with Crippen LogP contribution in [0.4, 0.5) is 4.79 Å². The van der Waals surface area contributed by atoms with Crippen molar-refractivity contribution in [1.29, 1.82) is 0 Å². The summed E-state index contributed by atoms with van der Waals surface area (Å²) in [6, 6.07) is 28.9. The average molecular weight is 562 g/mol. The smallest absolute Gasteiger partial charge is 0.411 e. The molecule has 212 valence electrons. The van der Waals surface area contributed by atoms with Crippen molar-refractivity contribution >= 4 is 16.1 Å². The molecule has 3 aromatic rings. The summed E-state index contributed by atoms with van der Waals surface area (Å²) in [4.78, 5) is 17.6. The van der Waals surface area contributed by atoms with Crippen LogP contribution in [0.15, 0.2) is 95.9 Å². The summed E-state index contributed by atoms with van der Waals surface area (Å²) in [6.45, 7) is 5.17. The van der Waals surface area contributed by atoms with Crippen LogP contribution in [0.2, 0.25) is 0 Å². The number of ether oxygens (including phenoxy) is 1. The lowest BCUT2D eigenvalue weighted by molar-refractivity contribution is 0.107. The van der Waals surface area contributed by atoms with Crippen molar-refractivity contribution < 1.29 is 17.9 Å². The van der Waals surface area contributed by atoms with E-state index in [1.165, 1.54) is 4.31 Å². The van der Waals surface area contributed by atoms with Gasteiger partial charge in [-0.3, -0.25) is 4.90 Å². The third kappa shape index (κ3) is 6.24. The molecule has 0 bridgehead atoms. The van der Waals surface area contributed by atoms with Gasteiger partial charge < -0.3 is 9.64 Å². The lowest BCUT2D eigenvalue weighted by atomic mass is 9.94. The minimum atomic E-state index is -3.57. The molecular weight excluding hydrogens is 522 g/mol. The van der Waals surface area contributed by atoms with E-state index < -0.39 is 10.0 Å². The number of sulfonamides is 1. The summed E-state index contributed by atoms with van der Waals surface area (Å²) in [5, 5.41) is 0. The standard InChI is InChI=1S/C32H39N3O4S/c1-25-31(27-14-8-4-9-15-27)39-32(36)35(25)29-19-22-34(23-20-29)21-18-28(26-12-6-3-7-13-26)24-33(2)40(37,38)30-16-10-5-11-17-30/h3-17,25,28-29,31H,18-24H2,1-2H3/t25-,28-,31+/m1/s1. The van der Waals surface area contributed by atoms with Crippen LogP contribution in [0, 0.1) is 0 Å². The van der Waals surface area contributed by atoms with Crippen molar-refractivity contribution in [1.82, 2.24) is 14.1 Å². The molecule has 0 N–H and O–H groups in total. The molecule has 7 nitrogen and oxygen atoms in total. The lowest BCUT2D eigenvalue weighted by Crippen LogP contribution is -2.48. The van der Waals surface area contributed by atoms with Crippen LogP contribution < -0.4 is 0 Å². The van der Waals surface area contributed by atoms with E-state index in [2.05, 4.69) is 24.0 Å². The van der Waals surface area contributed by atoms with Gasteiger partial charge in [-0.1, -0.05) is 78.9 Å². The number of nitrogens with zero attached hydrogens (tertiary/aromatic N) is 3. The van der Waals surface area contributed by atoms with E-state index in [-0.39, 0.29) is 30.2 Å². The summed E-state index contributed by atoms with van der Waals surface area (Å²) in [5.41, 5.74) is 2.18.